The maximum Gasteiger partial charge on any atom is 0.573 e. The molecule has 0 aromatic heterocycles. The Hall–Kier alpha value is -1.96. The molecule has 0 unspecified atom stereocenters. The number of nitrogens with zero attached hydrogens (tertiary/aromatic N) is 1. The highest BCUT2D eigenvalue weighted by Gasteiger charge is 2.30. The number of hydrogen-bond acceptors (Lipinski definition) is 2. The van der Waals surface area contributed by atoms with Crippen molar-refractivity contribution in [1.82, 2.24) is 0 Å². The molecule has 0 N–H and O–H groups in total. The standard InChI is InChI=1S/C20H24F3NO/c21-20(22,23)25-19-13-11-17(12-14-19)5-2-1-4-16-7-9-18(10-8-16)6-3-15-24/h3,6,11-14,16,18H,1-2,4-5,7-10H2/b6-3+. The third-order valence-electron chi connectivity index (χ3n) is 4.82. The van der Waals surface area contributed by atoms with Crippen molar-refractivity contribution in [3.05, 3.63) is 42.0 Å². The number of benzene rings is 1. The van der Waals surface area contributed by atoms with Crippen LogP contribution in [-0.2, 0) is 6.42 Å². The molecule has 136 valence electrons. The second-order valence-electron chi connectivity index (χ2n) is 6.71. The zero-order valence-electron chi connectivity index (χ0n) is 14.3. The minimum Gasteiger partial charge on any atom is -0.406 e. The molecular weight excluding hydrogens is 327 g/mol. The summed E-state index contributed by atoms with van der Waals surface area (Å²) in [5, 5.41) is 8.56. The molecule has 0 aliphatic heterocycles. The highest BCUT2D eigenvalue weighted by atomic mass is 19.4. The van der Waals surface area contributed by atoms with Crippen molar-refractivity contribution in [1.29, 1.82) is 5.26 Å². The Morgan fingerprint density at radius 2 is 1.76 bits per heavy atom. The van der Waals surface area contributed by atoms with Gasteiger partial charge < -0.3 is 4.74 Å². The Morgan fingerprint density at radius 1 is 1.08 bits per heavy atom. The number of alkyl halides is 3. The topological polar surface area (TPSA) is 33.0 Å². The van der Waals surface area contributed by atoms with Gasteiger partial charge in [0.25, 0.3) is 0 Å². The molecule has 1 aromatic rings. The van der Waals surface area contributed by atoms with E-state index in [1.165, 1.54) is 44.2 Å². The number of rotatable bonds is 7. The van der Waals surface area contributed by atoms with E-state index in [4.69, 9.17) is 5.26 Å². The number of halogens is 3. The smallest absolute Gasteiger partial charge is 0.406 e. The van der Waals surface area contributed by atoms with Gasteiger partial charge in [-0.15, -0.1) is 13.2 Å². The lowest BCUT2D eigenvalue weighted by Gasteiger charge is -2.26. The van der Waals surface area contributed by atoms with Crippen molar-refractivity contribution >= 4 is 0 Å². The van der Waals surface area contributed by atoms with E-state index in [2.05, 4.69) is 10.8 Å². The van der Waals surface area contributed by atoms with Gasteiger partial charge in [0.1, 0.15) is 5.75 Å². The van der Waals surface area contributed by atoms with Gasteiger partial charge in [-0.1, -0.05) is 31.1 Å². The van der Waals surface area contributed by atoms with Crippen LogP contribution < -0.4 is 4.74 Å². The van der Waals surface area contributed by atoms with Gasteiger partial charge >= 0.3 is 6.36 Å². The zero-order valence-corrected chi connectivity index (χ0v) is 14.3. The molecule has 1 aliphatic carbocycles. The van der Waals surface area contributed by atoms with Gasteiger partial charge in [-0.25, -0.2) is 0 Å². The van der Waals surface area contributed by atoms with E-state index in [0.717, 1.165) is 30.7 Å². The Morgan fingerprint density at radius 3 is 2.36 bits per heavy atom. The lowest BCUT2D eigenvalue weighted by atomic mass is 9.79. The summed E-state index contributed by atoms with van der Waals surface area (Å²) in [6.45, 7) is 0. The third kappa shape index (κ3) is 7.64. The average Bonchev–Trinajstić information content (AvgIpc) is 2.58. The first-order chi connectivity index (χ1) is 12.0. The maximum absolute atomic E-state index is 12.1. The van der Waals surface area contributed by atoms with Gasteiger partial charge in [-0.3, -0.25) is 0 Å². The molecule has 5 heteroatoms. The fourth-order valence-corrected chi connectivity index (χ4v) is 3.47. The molecule has 2 rings (SSSR count). The number of aryl methyl sites for hydroxylation is 1. The Balaban J connectivity index is 1.62. The van der Waals surface area contributed by atoms with Crippen molar-refractivity contribution < 1.29 is 17.9 Å². The van der Waals surface area contributed by atoms with Crippen LogP contribution >= 0.6 is 0 Å². The summed E-state index contributed by atoms with van der Waals surface area (Å²) >= 11 is 0. The van der Waals surface area contributed by atoms with E-state index < -0.39 is 6.36 Å². The van der Waals surface area contributed by atoms with E-state index in [0.29, 0.717) is 5.92 Å². The van der Waals surface area contributed by atoms with Gasteiger partial charge in [0.2, 0.25) is 0 Å². The third-order valence-corrected chi connectivity index (χ3v) is 4.82. The van der Waals surface area contributed by atoms with Crippen LogP contribution in [0, 0.1) is 23.2 Å². The minimum atomic E-state index is -4.63. The van der Waals surface area contributed by atoms with Gasteiger partial charge in [0.15, 0.2) is 0 Å². The molecular formula is C20H24F3NO. The van der Waals surface area contributed by atoms with Crippen LogP contribution in [0.5, 0.6) is 5.75 Å². The molecule has 0 amide bonds. The number of hydrogen-bond donors (Lipinski definition) is 0. The Bertz CT molecular complexity index is 578. The first kappa shape index (κ1) is 19.4. The second kappa shape index (κ2) is 9.50. The number of nitriles is 1. The zero-order chi connectivity index (χ0) is 18.1. The van der Waals surface area contributed by atoms with E-state index in [1.807, 2.05) is 6.08 Å². The molecule has 0 heterocycles. The van der Waals surface area contributed by atoms with Gasteiger partial charge in [0.05, 0.1) is 6.07 Å². The molecule has 0 saturated heterocycles. The minimum absolute atomic E-state index is 0.168. The highest BCUT2D eigenvalue weighted by Crippen LogP contribution is 2.32. The van der Waals surface area contributed by atoms with Gasteiger partial charge in [0, 0.05) is 6.08 Å². The largest absolute Gasteiger partial charge is 0.573 e. The summed E-state index contributed by atoms with van der Waals surface area (Å²) in [7, 11) is 0. The molecule has 1 aliphatic rings. The summed E-state index contributed by atoms with van der Waals surface area (Å²) in [5.74, 6) is 1.17. The van der Waals surface area contributed by atoms with Crippen LogP contribution in [0.25, 0.3) is 0 Å². The summed E-state index contributed by atoms with van der Waals surface area (Å²) in [6.07, 6.45) is 8.07. The van der Waals surface area contributed by atoms with E-state index in [1.54, 1.807) is 18.2 Å². The van der Waals surface area contributed by atoms with Crippen molar-refractivity contribution in [2.24, 2.45) is 11.8 Å². The van der Waals surface area contributed by atoms with Gasteiger partial charge in [-0.05, 0) is 68.1 Å². The predicted molar refractivity (Wildman–Crippen MR) is 90.9 cm³/mol. The fraction of sp³-hybridized carbons (Fsp3) is 0.550. The van der Waals surface area contributed by atoms with Crippen LogP contribution in [0.2, 0.25) is 0 Å². The fourth-order valence-electron chi connectivity index (χ4n) is 3.47. The monoisotopic (exact) mass is 351 g/mol. The predicted octanol–water partition coefficient (Wildman–Crippen LogP) is 6.18. The Kier molecular flexibility index (Phi) is 7.36. The second-order valence-corrected chi connectivity index (χ2v) is 6.71. The van der Waals surface area contributed by atoms with Crippen LogP contribution in [0.15, 0.2) is 36.4 Å². The molecule has 0 radical (unpaired) electrons. The van der Waals surface area contributed by atoms with E-state index in [-0.39, 0.29) is 5.75 Å². The SMILES string of the molecule is N#C/C=C/C1CCC(CCCCc2ccc(OC(F)(F)F)cc2)CC1. The number of allylic oxidation sites excluding steroid dienone is 2. The molecule has 1 fully saturated rings. The molecule has 25 heavy (non-hydrogen) atoms. The van der Waals surface area contributed by atoms with Crippen molar-refractivity contribution in [2.75, 3.05) is 0 Å². The number of ether oxygens (including phenoxy) is 1. The molecule has 0 atom stereocenters. The van der Waals surface area contributed by atoms with Crippen LogP contribution in [0.4, 0.5) is 13.2 Å². The van der Waals surface area contributed by atoms with E-state index in [9.17, 15) is 13.2 Å². The lowest BCUT2D eigenvalue weighted by molar-refractivity contribution is -0.274. The molecule has 2 nitrogen and oxygen atoms in total. The first-order valence-electron chi connectivity index (χ1n) is 8.87. The van der Waals surface area contributed by atoms with Crippen molar-refractivity contribution in [3.8, 4) is 11.8 Å². The normalized spacial score (nSPS) is 21.2. The average molecular weight is 351 g/mol. The molecule has 0 bridgehead atoms. The first-order valence-corrected chi connectivity index (χ1v) is 8.87. The van der Waals surface area contributed by atoms with Gasteiger partial charge in [-0.2, -0.15) is 5.26 Å². The quantitative estimate of drug-likeness (QED) is 0.434. The van der Waals surface area contributed by atoms with Crippen LogP contribution in [-0.4, -0.2) is 6.36 Å². The maximum atomic E-state index is 12.1. The molecule has 1 saturated carbocycles. The van der Waals surface area contributed by atoms with Crippen molar-refractivity contribution in [3.63, 3.8) is 0 Å². The molecule has 0 spiro atoms. The van der Waals surface area contributed by atoms with Crippen molar-refractivity contribution in [2.45, 2.75) is 57.7 Å². The lowest BCUT2D eigenvalue weighted by Crippen LogP contribution is -2.17. The number of unbranched alkanes of at least 4 members (excludes halogenated alkanes) is 1. The summed E-state index contributed by atoms with van der Waals surface area (Å²) in [5.41, 5.74) is 1.04. The Labute approximate surface area is 147 Å². The van der Waals surface area contributed by atoms with E-state index >= 15 is 0 Å². The highest BCUT2D eigenvalue weighted by molar-refractivity contribution is 5.27. The summed E-state index contributed by atoms with van der Waals surface area (Å²) in [6, 6.07) is 8.21. The van der Waals surface area contributed by atoms with Crippen LogP contribution in [0.1, 0.15) is 50.5 Å². The summed E-state index contributed by atoms with van der Waals surface area (Å²) < 4.78 is 40.2. The van der Waals surface area contributed by atoms with Crippen LogP contribution in [0.3, 0.4) is 0 Å². The molecule has 1 aromatic carbocycles. The summed E-state index contributed by atoms with van der Waals surface area (Å²) in [4.78, 5) is 0.